The predicted molar refractivity (Wildman–Crippen MR) is 78.8 cm³/mol. The maximum absolute atomic E-state index is 2.58. The van der Waals surface area contributed by atoms with Gasteiger partial charge in [-0.1, -0.05) is 30.2 Å². The van der Waals surface area contributed by atoms with Crippen molar-refractivity contribution in [2.75, 3.05) is 33.7 Å². The smallest absolute Gasteiger partial charge is 0.0196 e. The average Bonchev–Trinajstić information content (AvgIpc) is 2.53. The molecule has 0 bridgehead atoms. The Kier molecular flexibility index (Phi) is 3.98. The first-order valence-electron chi connectivity index (χ1n) is 7.18. The zero-order valence-corrected chi connectivity index (χ0v) is 12.7. The van der Waals surface area contributed by atoms with Crippen LogP contribution < -0.4 is 0 Å². The summed E-state index contributed by atoms with van der Waals surface area (Å²) in [5.41, 5.74) is 3.19. The van der Waals surface area contributed by atoms with E-state index in [1.54, 1.807) is 0 Å². The van der Waals surface area contributed by atoms with E-state index in [-0.39, 0.29) is 5.41 Å². The van der Waals surface area contributed by atoms with E-state index >= 15 is 0 Å². The minimum Gasteiger partial charge on any atom is -0.306 e. The second-order valence-corrected chi connectivity index (χ2v) is 6.58. The number of allylic oxidation sites excluding steroid dienone is 2. The van der Waals surface area contributed by atoms with Crippen LogP contribution in [-0.4, -0.2) is 49.6 Å². The molecule has 1 saturated heterocycles. The lowest BCUT2D eigenvalue weighted by molar-refractivity contribution is 0.124. The second-order valence-electron chi connectivity index (χ2n) is 6.58. The number of nitrogens with zero attached hydrogens (tertiary/aromatic N) is 2. The molecule has 1 atom stereocenters. The predicted octanol–water partition coefficient (Wildman–Crippen LogP) is 2.92. The van der Waals surface area contributed by atoms with Crippen molar-refractivity contribution >= 4 is 0 Å². The lowest BCUT2D eigenvalue weighted by Crippen LogP contribution is -2.45. The van der Waals surface area contributed by atoms with Gasteiger partial charge < -0.3 is 9.80 Å². The summed E-state index contributed by atoms with van der Waals surface area (Å²) >= 11 is 0. The maximum atomic E-state index is 2.58. The van der Waals surface area contributed by atoms with Gasteiger partial charge in [-0.05, 0) is 53.9 Å². The van der Waals surface area contributed by atoms with Gasteiger partial charge in [-0.2, -0.15) is 0 Å². The summed E-state index contributed by atoms with van der Waals surface area (Å²) in [5.74, 6) is 0. The van der Waals surface area contributed by atoms with Gasteiger partial charge in [0.2, 0.25) is 0 Å². The van der Waals surface area contributed by atoms with Gasteiger partial charge in [-0.25, -0.2) is 0 Å². The summed E-state index contributed by atoms with van der Waals surface area (Å²) < 4.78 is 0. The van der Waals surface area contributed by atoms with Gasteiger partial charge in [0, 0.05) is 18.0 Å². The molecule has 2 rings (SSSR count). The van der Waals surface area contributed by atoms with Crippen molar-refractivity contribution in [3.8, 4) is 0 Å². The molecule has 0 aromatic heterocycles. The molecule has 1 aliphatic carbocycles. The molecule has 102 valence electrons. The molecular formula is C16H28N2. The molecule has 0 N–H and O–H groups in total. The summed E-state index contributed by atoms with van der Waals surface area (Å²) in [6.45, 7) is 10.5. The third-order valence-corrected chi connectivity index (χ3v) is 4.78. The molecule has 0 aromatic rings. The van der Waals surface area contributed by atoms with E-state index in [0.29, 0.717) is 0 Å². The van der Waals surface area contributed by atoms with Crippen molar-refractivity contribution in [2.24, 2.45) is 5.41 Å². The molecular weight excluding hydrogens is 220 g/mol. The first-order valence-corrected chi connectivity index (χ1v) is 7.18. The lowest BCUT2D eigenvalue weighted by atomic mass is 9.84. The van der Waals surface area contributed by atoms with Crippen LogP contribution in [0.2, 0.25) is 0 Å². The standard InChI is InChI=1S/C16H28N2/c1-13-10-14(2)16(3,11-13)12-18(5)15-6-8-17(4)9-7-15/h10-11,15H,6-9,12H2,1-5H3. The minimum absolute atomic E-state index is 0.252. The highest BCUT2D eigenvalue weighted by Gasteiger charge is 2.31. The van der Waals surface area contributed by atoms with Crippen LogP contribution in [0.25, 0.3) is 0 Å². The van der Waals surface area contributed by atoms with Gasteiger partial charge in [-0.3, -0.25) is 0 Å². The van der Waals surface area contributed by atoms with Crippen LogP contribution in [0.3, 0.4) is 0 Å². The Bertz CT molecular complexity index is 361. The van der Waals surface area contributed by atoms with Crippen LogP contribution >= 0.6 is 0 Å². The van der Waals surface area contributed by atoms with Crippen LogP contribution in [0.4, 0.5) is 0 Å². The van der Waals surface area contributed by atoms with Crippen molar-refractivity contribution in [3.63, 3.8) is 0 Å². The largest absolute Gasteiger partial charge is 0.306 e. The first kappa shape index (κ1) is 13.8. The highest BCUT2D eigenvalue weighted by Crippen LogP contribution is 2.37. The molecule has 1 unspecified atom stereocenters. The van der Waals surface area contributed by atoms with Crippen LogP contribution in [0.1, 0.15) is 33.6 Å². The zero-order chi connectivity index (χ0) is 13.3. The van der Waals surface area contributed by atoms with E-state index in [1.165, 1.54) is 37.1 Å². The van der Waals surface area contributed by atoms with Crippen LogP contribution in [0.15, 0.2) is 23.3 Å². The summed E-state index contributed by atoms with van der Waals surface area (Å²) in [7, 11) is 4.53. The normalized spacial score (nSPS) is 30.8. The van der Waals surface area contributed by atoms with Crippen LogP contribution in [-0.2, 0) is 0 Å². The Labute approximate surface area is 112 Å². The Morgan fingerprint density at radius 1 is 1.33 bits per heavy atom. The molecule has 0 amide bonds. The summed E-state index contributed by atoms with van der Waals surface area (Å²) in [6, 6.07) is 0.764. The third kappa shape index (κ3) is 2.86. The van der Waals surface area contributed by atoms with E-state index in [2.05, 4.69) is 56.8 Å². The Hall–Kier alpha value is -0.600. The molecule has 0 saturated carbocycles. The number of piperidine rings is 1. The molecule has 1 aliphatic heterocycles. The molecule has 0 aromatic carbocycles. The molecule has 1 heterocycles. The van der Waals surface area contributed by atoms with Gasteiger partial charge in [0.05, 0.1) is 0 Å². The highest BCUT2D eigenvalue weighted by atomic mass is 15.2. The summed E-state index contributed by atoms with van der Waals surface area (Å²) in [5, 5.41) is 0. The van der Waals surface area contributed by atoms with Gasteiger partial charge >= 0.3 is 0 Å². The van der Waals surface area contributed by atoms with E-state index in [4.69, 9.17) is 0 Å². The van der Waals surface area contributed by atoms with Crippen molar-refractivity contribution in [1.82, 2.24) is 9.80 Å². The highest BCUT2D eigenvalue weighted by molar-refractivity contribution is 5.38. The maximum Gasteiger partial charge on any atom is 0.0196 e. The quantitative estimate of drug-likeness (QED) is 0.758. The fourth-order valence-corrected chi connectivity index (χ4v) is 3.42. The Morgan fingerprint density at radius 2 is 1.94 bits per heavy atom. The lowest BCUT2D eigenvalue weighted by Gasteiger charge is -2.39. The molecule has 1 fully saturated rings. The van der Waals surface area contributed by atoms with Gasteiger partial charge in [0.25, 0.3) is 0 Å². The fourth-order valence-electron chi connectivity index (χ4n) is 3.42. The molecule has 18 heavy (non-hydrogen) atoms. The van der Waals surface area contributed by atoms with E-state index in [1.807, 2.05) is 0 Å². The Morgan fingerprint density at radius 3 is 2.44 bits per heavy atom. The van der Waals surface area contributed by atoms with E-state index in [0.717, 1.165) is 12.6 Å². The average molecular weight is 248 g/mol. The molecule has 2 heteroatoms. The van der Waals surface area contributed by atoms with Gasteiger partial charge in [-0.15, -0.1) is 0 Å². The monoisotopic (exact) mass is 248 g/mol. The first-order chi connectivity index (χ1) is 8.40. The fraction of sp³-hybridized carbons (Fsp3) is 0.750. The topological polar surface area (TPSA) is 6.48 Å². The van der Waals surface area contributed by atoms with Crippen molar-refractivity contribution in [3.05, 3.63) is 23.3 Å². The SMILES string of the molecule is CC1=CC(C)(CN(C)C2CCN(C)CC2)C(C)=C1. The van der Waals surface area contributed by atoms with Crippen molar-refractivity contribution in [1.29, 1.82) is 0 Å². The second kappa shape index (κ2) is 5.18. The van der Waals surface area contributed by atoms with E-state index < -0.39 is 0 Å². The number of hydrogen-bond acceptors (Lipinski definition) is 2. The molecule has 0 radical (unpaired) electrons. The van der Waals surface area contributed by atoms with Crippen molar-refractivity contribution in [2.45, 2.75) is 39.7 Å². The van der Waals surface area contributed by atoms with Crippen LogP contribution in [0, 0.1) is 5.41 Å². The molecule has 2 aliphatic rings. The van der Waals surface area contributed by atoms with Gasteiger partial charge in [0.1, 0.15) is 0 Å². The summed E-state index contributed by atoms with van der Waals surface area (Å²) in [6.07, 6.45) is 7.40. The zero-order valence-electron chi connectivity index (χ0n) is 12.7. The number of rotatable bonds is 3. The summed E-state index contributed by atoms with van der Waals surface area (Å²) in [4.78, 5) is 5.02. The van der Waals surface area contributed by atoms with Gasteiger partial charge in [0.15, 0.2) is 0 Å². The number of likely N-dealkylation sites (tertiary alicyclic amines) is 1. The van der Waals surface area contributed by atoms with Crippen molar-refractivity contribution < 1.29 is 0 Å². The van der Waals surface area contributed by atoms with Crippen LogP contribution in [0.5, 0.6) is 0 Å². The minimum atomic E-state index is 0.252. The number of hydrogen-bond donors (Lipinski definition) is 0. The van der Waals surface area contributed by atoms with E-state index in [9.17, 15) is 0 Å². The molecule has 0 spiro atoms. The third-order valence-electron chi connectivity index (χ3n) is 4.78. The Balaban J connectivity index is 1.96. The molecule has 2 nitrogen and oxygen atoms in total.